The molecule has 8 nitrogen and oxygen atoms in total. The minimum Gasteiger partial charge on any atom is -0.406 e. The summed E-state index contributed by atoms with van der Waals surface area (Å²) in [6, 6.07) is 17.1. The molecule has 0 aliphatic carbocycles. The van der Waals surface area contributed by atoms with Crippen LogP contribution in [-0.2, 0) is 4.79 Å². The molecule has 1 aliphatic heterocycles. The molecule has 1 saturated heterocycles. The molecule has 1 amide bonds. The predicted molar refractivity (Wildman–Crippen MR) is 154 cm³/mol. The largest absolute Gasteiger partial charge is 0.573 e. The number of fused-ring (bicyclic) bond motifs is 3. The second kappa shape index (κ2) is 10.4. The van der Waals surface area contributed by atoms with Crippen LogP contribution in [0.1, 0.15) is 16.8 Å². The highest BCUT2D eigenvalue weighted by molar-refractivity contribution is 8.15. The minimum atomic E-state index is -4.75. The van der Waals surface area contributed by atoms with Crippen molar-refractivity contribution in [3.8, 4) is 11.4 Å². The fourth-order valence-electron chi connectivity index (χ4n) is 4.75. The molecule has 41 heavy (non-hydrogen) atoms. The number of nitrogens with zero attached hydrogens (tertiary/aromatic N) is 6. The van der Waals surface area contributed by atoms with Gasteiger partial charge in [-0.15, -0.1) is 18.3 Å². The second-order valence-corrected chi connectivity index (χ2v) is 10.2. The number of carbonyl (C=O) groups excluding carboxylic acids is 1. The molecular formula is C29H21F3N6O2S. The number of para-hydroxylation sites is 1. The van der Waals surface area contributed by atoms with E-state index < -0.39 is 6.36 Å². The monoisotopic (exact) mass is 574 g/mol. The van der Waals surface area contributed by atoms with Crippen molar-refractivity contribution in [2.45, 2.75) is 20.2 Å². The Morgan fingerprint density at radius 1 is 1.02 bits per heavy atom. The van der Waals surface area contributed by atoms with E-state index in [1.54, 1.807) is 22.0 Å². The van der Waals surface area contributed by atoms with Gasteiger partial charge in [-0.3, -0.25) is 19.2 Å². The third kappa shape index (κ3) is 5.25. The van der Waals surface area contributed by atoms with Gasteiger partial charge < -0.3 is 4.74 Å². The molecule has 206 valence electrons. The highest BCUT2D eigenvalue weighted by Gasteiger charge is 2.32. The lowest BCUT2D eigenvalue weighted by atomic mass is 10.1. The standard InChI is InChI=1S/C29H21F3N6O2S/c1-17-4-3-5-18(2)27(17)38-25(39)15-41-28(38)36-35-13-20-12-19-6-11-24-26(23(19)14-33-20)34-16-37(24)21-7-9-22(10-8-21)40-29(30,31)32/h3-14,16H,15H2,1-2H3. The number of alkyl halides is 3. The molecule has 12 heteroatoms. The van der Waals surface area contributed by atoms with Gasteiger partial charge in [0.2, 0.25) is 5.91 Å². The van der Waals surface area contributed by atoms with Gasteiger partial charge in [0.05, 0.1) is 34.4 Å². The molecule has 3 aromatic carbocycles. The van der Waals surface area contributed by atoms with E-state index in [1.165, 1.54) is 42.2 Å². The van der Waals surface area contributed by atoms with Crippen molar-refractivity contribution >= 4 is 56.5 Å². The number of rotatable bonds is 5. The van der Waals surface area contributed by atoms with E-state index in [-0.39, 0.29) is 11.7 Å². The normalized spacial score (nSPS) is 15.2. The Hall–Kier alpha value is -4.71. The van der Waals surface area contributed by atoms with Crippen molar-refractivity contribution in [2.75, 3.05) is 10.7 Å². The van der Waals surface area contributed by atoms with E-state index >= 15 is 0 Å². The van der Waals surface area contributed by atoms with Crippen molar-refractivity contribution in [1.29, 1.82) is 0 Å². The summed E-state index contributed by atoms with van der Waals surface area (Å²) < 4.78 is 43.2. The molecule has 6 rings (SSSR count). The molecule has 3 heterocycles. The maximum Gasteiger partial charge on any atom is 0.573 e. The fraction of sp³-hybridized carbons (Fsp3) is 0.138. The van der Waals surface area contributed by atoms with Crippen molar-refractivity contribution < 1.29 is 22.7 Å². The van der Waals surface area contributed by atoms with E-state index in [0.717, 1.165) is 33.1 Å². The number of pyridine rings is 1. The lowest BCUT2D eigenvalue weighted by Gasteiger charge is -2.20. The summed E-state index contributed by atoms with van der Waals surface area (Å²) in [4.78, 5) is 23.3. The van der Waals surface area contributed by atoms with Crippen LogP contribution in [0.3, 0.4) is 0 Å². The number of aromatic nitrogens is 3. The van der Waals surface area contributed by atoms with Crippen molar-refractivity contribution in [1.82, 2.24) is 14.5 Å². The Morgan fingerprint density at radius 2 is 1.78 bits per heavy atom. The summed E-state index contributed by atoms with van der Waals surface area (Å²) in [5, 5.41) is 10.7. The van der Waals surface area contributed by atoms with Crippen LogP contribution in [0.15, 0.2) is 83.4 Å². The molecule has 0 N–H and O–H groups in total. The Labute approximate surface area is 236 Å². The molecule has 0 unspecified atom stereocenters. The van der Waals surface area contributed by atoms with Gasteiger partial charge in [-0.25, -0.2) is 4.98 Å². The van der Waals surface area contributed by atoms with Crippen LogP contribution in [0.5, 0.6) is 5.75 Å². The Balaban J connectivity index is 1.26. The SMILES string of the molecule is Cc1cccc(C)c1N1C(=O)CSC1=NN=Cc1cc2ccc3c(ncn3-c3ccc(OC(F)(F)F)cc3)c2cn1. The third-order valence-corrected chi connectivity index (χ3v) is 7.46. The first-order chi connectivity index (χ1) is 19.7. The highest BCUT2D eigenvalue weighted by atomic mass is 32.2. The zero-order valence-electron chi connectivity index (χ0n) is 21.8. The smallest absolute Gasteiger partial charge is 0.406 e. The maximum absolute atomic E-state index is 12.6. The molecular weight excluding hydrogens is 553 g/mol. The van der Waals surface area contributed by atoms with Crippen LogP contribution in [-0.4, -0.2) is 43.9 Å². The second-order valence-electron chi connectivity index (χ2n) is 9.31. The minimum absolute atomic E-state index is 0.0424. The first kappa shape index (κ1) is 26.5. The molecule has 1 aliphatic rings. The molecule has 0 bridgehead atoms. The van der Waals surface area contributed by atoms with Gasteiger partial charge in [0.25, 0.3) is 0 Å². The van der Waals surface area contributed by atoms with Crippen molar-refractivity contribution in [3.05, 3.63) is 90.0 Å². The summed E-state index contributed by atoms with van der Waals surface area (Å²) in [6.07, 6.45) is 0.0885. The number of halogens is 3. The zero-order valence-corrected chi connectivity index (χ0v) is 22.6. The quantitative estimate of drug-likeness (QED) is 0.175. The summed E-state index contributed by atoms with van der Waals surface area (Å²) in [5.41, 5.74) is 5.47. The first-order valence-corrected chi connectivity index (χ1v) is 13.4. The van der Waals surface area contributed by atoms with Crippen molar-refractivity contribution in [2.24, 2.45) is 10.2 Å². The van der Waals surface area contributed by atoms with Crippen LogP contribution in [0.2, 0.25) is 0 Å². The van der Waals surface area contributed by atoms with Crippen LogP contribution in [0.4, 0.5) is 18.9 Å². The first-order valence-electron chi connectivity index (χ1n) is 12.4. The van der Waals surface area contributed by atoms with Gasteiger partial charge >= 0.3 is 6.36 Å². The van der Waals surface area contributed by atoms with E-state index in [0.29, 0.717) is 27.8 Å². The Morgan fingerprint density at radius 3 is 2.51 bits per heavy atom. The number of amidine groups is 1. The van der Waals surface area contributed by atoms with Crippen LogP contribution < -0.4 is 9.64 Å². The number of anilines is 1. The van der Waals surface area contributed by atoms with Gasteiger partial charge in [0.15, 0.2) is 5.17 Å². The number of ether oxygens (including phenoxy) is 1. The Kier molecular flexibility index (Phi) is 6.70. The lowest BCUT2D eigenvalue weighted by molar-refractivity contribution is -0.274. The van der Waals surface area contributed by atoms with Gasteiger partial charge in [0, 0.05) is 17.3 Å². The maximum atomic E-state index is 12.6. The summed E-state index contributed by atoms with van der Waals surface area (Å²) >= 11 is 1.34. The average molecular weight is 575 g/mol. The molecule has 0 spiro atoms. The number of hydrogen-bond acceptors (Lipinski definition) is 7. The number of hydrogen-bond donors (Lipinski definition) is 0. The fourth-order valence-corrected chi connectivity index (χ4v) is 5.56. The predicted octanol–water partition coefficient (Wildman–Crippen LogP) is 6.56. The lowest BCUT2D eigenvalue weighted by Crippen LogP contribution is -2.30. The summed E-state index contributed by atoms with van der Waals surface area (Å²) in [5.74, 6) is -0.0419. The van der Waals surface area contributed by atoms with Gasteiger partial charge in [-0.2, -0.15) is 5.10 Å². The number of aryl methyl sites for hydroxylation is 2. The number of imidazole rings is 1. The third-order valence-electron chi connectivity index (χ3n) is 6.55. The molecule has 0 saturated carbocycles. The van der Waals surface area contributed by atoms with Crippen LogP contribution >= 0.6 is 11.8 Å². The molecule has 5 aromatic rings. The van der Waals surface area contributed by atoms with Crippen LogP contribution in [0, 0.1) is 13.8 Å². The van der Waals surface area contributed by atoms with Crippen LogP contribution in [0.25, 0.3) is 27.5 Å². The summed E-state index contributed by atoms with van der Waals surface area (Å²) in [6.45, 7) is 3.92. The molecule has 2 aromatic heterocycles. The van der Waals surface area contributed by atoms with E-state index in [4.69, 9.17) is 0 Å². The average Bonchev–Trinajstić information content (AvgIpc) is 3.52. The van der Waals surface area contributed by atoms with E-state index in [9.17, 15) is 18.0 Å². The van der Waals surface area contributed by atoms with E-state index in [1.807, 2.05) is 50.2 Å². The van der Waals surface area contributed by atoms with Gasteiger partial charge in [-0.1, -0.05) is 36.0 Å². The summed E-state index contributed by atoms with van der Waals surface area (Å²) in [7, 11) is 0. The van der Waals surface area contributed by atoms with Gasteiger partial charge in [0.1, 0.15) is 12.1 Å². The van der Waals surface area contributed by atoms with E-state index in [2.05, 4.69) is 24.9 Å². The molecule has 0 atom stereocenters. The number of thioether (sulfide) groups is 1. The zero-order chi connectivity index (χ0) is 28.7. The number of amides is 1. The highest BCUT2D eigenvalue weighted by Crippen LogP contribution is 2.32. The van der Waals surface area contributed by atoms with Crippen molar-refractivity contribution in [3.63, 3.8) is 0 Å². The number of benzene rings is 3. The Bertz CT molecular complexity index is 1840. The van der Waals surface area contributed by atoms with Gasteiger partial charge in [-0.05, 0) is 66.8 Å². The topological polar surface area (TPSA) is 85.0 Å². The molecule has 0 radical (unpaired) electrons. The molecule has 1 fully saturated rings. The number of carbonyl (C=O) groups is 1.